The molecule has 6 nitrogen and oxygen atoms in total. The van der Waals surface area contributed by atoms with Crippen LogP contribution in [0.4, 0.5) is 4.79 Å². The first-order chi connectivity index (χ1) is 8.58. The zero-order chi connectivity index (χ0) is 14.0. The van der Waals surface area contributed by atoms with Gasteiger partial charge in [-0.05, 0) is 19.8 Å². The third-order valence-electron chi connectivity index (χ3n) is 2.63. The van der Waals surface area contributed by atoms with Gasteiger partial charge in [0.05, 0.1) is 6.61 Å². The molecule has 0 aliphatic carbocycles. The van der Waals surface area contributed by atoms with Crippen LogP contribution in [0.2, 0.25) is 0 Å². The molecule has 0 aromatic carbocycles. The second kappa shape index (κ2) is 9.70. The van der Waals surface area contributed by atoms with Gasteiger partial charge in [-0.3, -0.25) is 9.63 Å². The molecule has 0 heterocycles. The van der Waals surface area contributed by atoms with Crippen LogP contribution in [-0.2, 0) is 9.63 Å². The van der Waals surface area contributed by atoms with E-state index in [-0.39, 0.29) is 0 Å². The van der Waals surface area contributed by atoms with Gasteiger partial charge < -0.3 is 10.6 Å². The van der Waals surface area contributed by atoms with Crippen LogP contribution in [0.25, 0.3) is 0 Å². The Balaban J connectivity index is 4.34. The maximum Gasteiger partial charge on any atom is 0.341 e. The molecule has 18 heavy (non-hydrogen) atoms. The fourth-order valence-corrected chi connectivity index (χ4v) is 1.62. The highest BCUT2D eigenvalue weighted by atomic mass is 16.7. The smallest absolute Gasteiger partial charge is 0.341 e. The summed E-state index contributed by atoms with van der Waals surface area (Å²) in [5.74, 6) is -0.484. The molecule has 0 spiro atoms. The number of hydrogen-bond donors (Lipinski definition) is 2. The Morgan fingerprint density at radius 2 is 1.94 bits per heavy atom. The van der Waals surface area contributed by atoms with Gasteiger partial charge in [0, 0.05) is 6.54 Å². The van der Waals surface area contributed by atoms with E-state index in [2.05, 4.69) is 5.48 Å². The van der Waals surface area contributed by atoms with Crippen molar-refractivity contribution in [2.45, 2.75) is 52.5 Å². The predicted molar refractivity (Wildman–Crippen MR) is 69.7 cm³/mol. The second-order valence-electron chi connectivity index (χ2n) is 4.10. The van der Waals surface area contributed by atoms with Gasteiger partial charge in [0.15, 0.2) is 0 Å². The summed E-state index contributed by atoms with van der Waals surface area (Å²) in [5.41, 5.74) is 7.65. The molecular formula is C12H25N3O3. The highest BCUT2D eigenvalue weighted by Crippen LogP contribution is 2.07. The number of primary amides is 1. The average molecular weight is 259 g/mol. The second-order valence-corrected chi connectivity index (χ2v) is 4.10. The lowest BCUT2D eigenvalue weighted by Crippen LogP contribution is -2.51. The number of unbranched alkanes of at least 4 members (excludes halogenated alkanes) is 1. The highest BCUT2D eigenvalue weighted by Gasteiger charge is 2.26. The average Bonchev–Trinajstić information content (AvgIpc) is 2.34. The van der Waals surface area contributed by atoms with Crippen LogP contribution in [0.15, 0.2) is 0 Å². The molecule has 0 saturated heterocycles. The molecule has 0 bridgehead atoms. The summed E-state index contributed by atoms with van der Waals surface area (Å²) >= 11 is 0. The topological polar surface area (TPSA) is 84.7 Å². The van der Waals surface area contributed by atoms with E-state index in [1.54, 1.807) is 6.92 Å². The van der Waals surface area contributed by atoms with Crippen molar-refractivity contribution in [2.75, 3.05) is 13.2 Å². The largest absolute Gasteiger partial charge is 0.368 e. The highest BCUT2D eigenvalue weighted by molar-refractivity contribution is 5.85. The van der Waals surface area contributed by atoms with E-state index in [9.17, 15) is 9.59 Å². The van der Waals surface area contributed by atoms with Gasteiger partial charge in [0.1, 0.15) is 6.04 Å². The minimum absolute atomic E-state index is 0.411. The van der Waals surface area contributed by atoms with Crippen LogP contribution in [0.5, 0.6) is 0 Å². The van der Waals surface area contributed by atoms with Crippen LogP contribution in [0, 0.1) is 0 Å². The van der Waals surface area contributed by atoms with E-state index >= 15 is 0 Å². The summed E-state index contributed by atoms with van der Waals surface area (Å²) < 4.78 is 0. The summed E-state index contributed by atoms with van der Waals surface area (Å²) in [6, 6.07) is -0.986. The Kier molecular flexibility index (Phi) is 9.00. The van der Waals surface area contributed by atoms with Gasteiger partial charge in [0.2, 0.25) is 5.91 Å². The van der Waals surface area contributed by atoms with Crippen molar-refractivity contribution in [1.29, 1.82) is 0 Å². The SMILES string of the molecule is CCCCONC(=O)N(CC)[C@@H](CCC)C(N)=O. The molecule has 0 rings (SSSR count). The Bertz CT molecular complexity index is 259. The number of rotatable bonds is 9. The summed E-state index contributed by atoms with van der Waals surface area (Å²) in [6.45, 7) is 6.66. The van der Waals surface area contributed by atoms with Crippen molar-refractivity contribution in [3.05, 3.63) is 0 Å². The van der Waals surface area contributed by atoms with Crippen molar-refractivity contribution < 1.29 is 14.4 Å². The van der Waals surface area contributed by atoms with Crippen LogP contribution >= 0.6 is 0 Å². The fourth-order valence-electron chi connectivity index (χ4n) is 1.62. The Morgan fingerprint density at radius 1 is 1.28 bits per heavy atom. The van der Waals surface area contributed by atoms with Gasteiger partial charge >= 0.3 is 6.03 Å². The Morgan fingerprint density at radius 3 is 2.39 bits per heavy atom. The number of likely N-dealkylation sites (N-methyl/N-ethyl adjacent to an activating group) is 1. The number of nitrogens with zero attached hydrogens (tertiary/aromatic N) is 1. The predicted octanol–water partition coefficient (Wildman–Crippen LogP) is 1.40. The molecule has 3 amide bonds. The number of hydrogen-bond acceptors (Lipinski definition) is 3. The summed E-state index contributed by atoms with van der Waals surface area (Å²) in [4.78, 5) is 29.6. The number of amides is 3. The zero-order valence-electron chi connectivity index (χ0n) is 11.6. The molecule has 0 aromatic heterocycles. The van der Waals surface area contributed by atoms with Crippen LogP contribution in [-0.4, -0.2) is 36.0 Å². The first kappa shape index (κ1) is 16.7. The summed E-state index contributed by atoms with van der Waals surface area (Å²) in [5, 5.41) is 0. The molecule has 0 radical (unpaired) electrons. The van der Waals surface area contributed by atoms with E-state index in [1.165, 1.54) is 4.90 Å². The summed E-state index contributed by atoms with van der Waals surface area (Å²) in [7, 11) is 0. The molecule has 0 aliphatic rings. The van der Waals surface area contributed by atoms with Gasteiger partial charge in [-0.1, -0.05) is 26.7 Å². The molecule has 0 saturated carbocycles. The first-order valence-electron chi connectivity index (χ1n) is 6.56. The van der Waals surface area contributed by atoms with E-state index in [0.29, 0.717) is 19.6 Å². The molecule has 0 fully saturated rings. The summed E-state index contributed by atoms with van der Waals surface area (Å²) in [6.07, 6.45) is 3.22. The number of carbonyl (C=O) groups excluding carboxylic acids is 2. The number of urea groups is 1. The number of nitrogens with two attached hydrogens (primary N) is 1. The number of hydroxylamine groups is 1. The van der Waals surface area contributed by atoms with Crippen LogP contribution in [0.1, 0.15) is 46.5 Å². The van der Waals surface area contributed by atoms with Crippen molar-refractivity contribution in [2.24, 2.45) is 5.73 Å². The van der Waals surface area contributed by atoms with Crippen molar-refractivity contribution in [3.8, 4) is 0 Å². The third kappa shape index (κ3) is 5.86. The monoisotopic (exact) mass is 259 g/mol. The van der Waals surface area contributed by atoms with Gasteiger partial charge in [-0.2, -0.15) is 0 Å². The number of carbonyl (C=O) groups is 2. The van der Waals surface area contributed by atoms with E-state index in [0.717, 1.165) is 19.3 Å². The normalized spacial score (nSPS) is 11.9. The van der Waals surface area contributed by atoms with Gasteiger partial charge in [-0.15, -0.1) is 0 Å². The molecule has 0 unspecified atom stereocenters. The molecule has 6 heteroatoms. The van der Waals surface area contributed by atoms with Crippen LogP contribution < -0.4 is 11.2 Å². The van der Waals surface area contributed by atoms with Gasteiger partial charge in [0.25, 0.3) is 0 Å². The van der Waals surface area contributed by atoms with Crippen molar-refractivity contribution in [3.63, 3.8) is 0 Å². The zero-order valence-corrected chi connectivity index (χ0v) is 11.6. The molecular weight excluding hydrogens is 234 g/mol. The minimum Gasteiger partial charge on any atom is -0.368 e. The Labute approximate surface area is 109 Å². The minimum atomic E-state index is -0.574. The molecule has 3 N–H and O–H groups in total. The lowest BCUT2D eigenvalue weighted by molar-refractivity contribution is -0.122. The first-order valence-corrected chi connectivity index (χ1v) is 6.56. The van der Waals surface area contributed by atoms with E-state index in [1.807, 2.05) is 13.8 Å². The van der Waals surface area contributed by atoms with Crippen molar-refractivity contribution in [1.82, 2.24) is 10.4 Å². The molecule has 106 valence electrons. The fraction of sp³-hybridized carbons (Fsp3) is 0.833. The van der Waals surface area contributed by atoms with E-state index < -0.39 is 18.0 Å². The quantitative estimate of drug-likeness (QED) is 0.485. The maximum absolute atomic E-state index is 11.8. The molecule has 0 aliphatic heterocycles. The molecule has 0 aromatic rings. The maximum atomic E-state index is 11.8. The lowest BCUT2D eigenvalue weighted by atomic mass is 10.1. The Hall–Kier alpha value is -1.30. The number of nitrogens with one attached hydrogen (secondary N) is 1. The van der Waals surface area contributed by atoms with Gasteiger partial charge in [-0.25, -0.2) is 10.3 Å². The van der Waals surface area contributed by atoms with Crippen LogP contribution in [0.3, 0.4) is 0 Å². The third-order valence-corrected chi connectivity index (χ3v) is 2.63. The standard InChI is InChI=1S/C12H25N3O3/c1-4-7-9-18-14-12(17)15(6-3)10(8-5-2)11(13)16/h10H,4-9H2,1-3H3,(H2,13,16)(H,14,17)/t10-/m0/s1. The lowest BCUT2D eigenvalue weighted by Gasteiger charge is -2.28. The van der Waals surface area contributed by atoms with E-state index in [4.69, 9.17) is 10.6 Å². The molecule has 1 atom stereocenters. The van der Waals surface area contributed by atoms with Crippen molar-refractivity contribution >= 4 is 11.9 Å².